The van der Waals surface area contributed by atoms with Crippen LogP contribution in [-0.2, 0) is 13.1 Å². The number of carboxylic acids is 1. The van der Waals surface area contributed by atoms with Gasteiger partial charge in [0.15, 0.2) is 17.3 Å². The van der Waals surface area contributed by atoms with Crippen molar-refractivity contribution in [3.8, 4) is 11.4 Å². The number of aromatic nitrogens is 4. The van der Waals surface area contributed by atoms with E-state index >= 15 is 0 Å². The molecule has 0 saturated carbocycles. The zero-order valence-corrected chi connectivity index (χ0v) is 19.9. The van der Waals surface area contributed by atoms with E-state index in [9.17, 15) is 18.7 Å². The van der Waals surface area contributed by atoms with Gasteiger partial charge in [-0.3, -0.25) is 0 Å². The van der Waals surface area contributed by atoms with Gasteiger partial charge in [-0.2, -0.15) is 4.98 Å². The van der Waals surface area contributed by atoms with Crippen molar-refractivity contribution in [2.45, 2.75) is 25.9 Å². The van der Waals surface area contributed by atoms with Crippen LogP contribution in [0, 0.1) is 17.6 Å². The third kappa shape index (κ3) is 5.00. The number of piperidine rings is 1. The molecule has 0 aliphatic carbocycles. The van der Waals surface area contributed by atoms with Crippen molar-refractivity contribution in [1.82, 2.24) is 24.8 Å². The van der Waals surface area contributed by atoms with Crippen LogP contribution >= 0.6 is 11.6 Å². The van der Waals surface area contributed by atoms with Crippen LogP contribution < -0.4 is 10.6 Å². The fraction of sp³-hybridized carbons (Fsp3) is 0.280. The van der Waals surface area contributed by atoms with Gasteiger partial charge < -0.3 is 20.3 Å². The van der Waals surface area contributed by atoms with Gasteiger partial charge in [-0.15, -0.1) is 0 Å². The molecule has 2 aromatic heterocycles. The van der Waals surface area contributed by atoms with Crippen molar-refractivity contribution >= 4 is 34.7 Å². The zero-order chi connectivity index (χ0) is 25.2. The van der Waals surface area contributed by atoms with Crippen molar-refractivity contribution in [3.63, 3.8) is 0 Å². The number of halogens is 3. The molecule has 0 bridgehead atoms. The van der Waals surface area contributed by atoms with Gasteiger partial charge >= 0.3 is 5.97 Å². The second-order valence-electron chi connectivity index (χ2n) is 8.76. The van der Waals surface area contributed by atoms with E-state index in [-0.39, 0.29) is 17.1 Å². The van der Waals surface area contributed by atoms with E-state index in [0.717, 1.165) is 38.1 Å². The maximum absolute atomic E-state index is 13.6. The molecule has 3 N–H and O–H groups in total. The summed E-state index contributed by atoms with van der Waals surface area (Å²) in [6.07, 6.45) is 3.70. The molecule has 11 heteroatoms. The third-order valence-corrected chi connectivity index (χ3v) is 6.53. The summed E-state index contributed by atoms with van der Waals surface area (Å²) < 4.78 is 28.8. The molecule has 186 valence electrons. The quantitative estimate of drug-likeness (QED) is 0.328. The van der Waals surface area contributed by atoms with E-state index in [1.165, 1.54) is 18.2 Å². The topological polar surface area (TPSA) is 105 Å². The van der Waals surface area contributed by atoms with Gasteiger partial charge in [0.2, 0.25) is 5.95 Å². The lowest BCUT2D eigenvalue weighted by molar-refractivity contribution is 0.0697. The summed E-state index contributed by atoms with van der Waals surface area (Å²) in [4.78, 5) is 25.1. The van der Waals surface area contributed by atoms with Crippen molar-refractivity contribution in [3.05, 3.63) is 70.4 Å². The van der Waals surface area contributed by atoms with Crippen LogP contribution in [0.15, 0.2) is 42.6 Å². The molecule has 0 spiro atoms. The number of rotatable bonds is 7. The lowest BCUT2D eigenvalue weighted by atomic mass is 9.99. The van der Waals surface area contributed by atoms with Crippen LogP contribution in [0.25, 0.3) is 22.6 Å². The molecule has 2 aromatic carbocycles. The summed E-state index contributed by atoms with van der Waals surface area (Å²) in [7, 11) is 0. The molecule has 5 rings (SSSR count). The summed E-state index contributed by atoms with van der Waals surface area (Å²) in [5, 5.41) is 16.0. The van der Waals surface area contributed by atoms with Crippen LogP contribution in [0.3, 0.4) is 0 Å². The summed E-state index contributed by atoms with van der Waals surface area (Å²) in [6.45, 7) is 2.68. The molecule has 3 heterocycles. The Labute approximate surface area is 210 Å². The van der Waals surface area contributed by atoms with Crippen LogP contribution in [0.5, 0.6) is 0 Å². The number of aromatic carboxylic acids is 1. The first-order chi connectivity index (χ1) is 17.4. The number of benzene rings is 2. The van der Waals surface area contributed by atoms with Crippen molar-refractivity contribution in [2.75, 3.05) is 18.4 Å². The Hall–Kier alpha value is -3.63. The smallest absolute Gasteiger partial charge is 0.335 e. The molecule has 0 unspecified atom stereocenters. The van der Waals surface area contributed by atoms with Crippen molar-refractivity contribution < 1.29 is 18.7 Å². The van der Waals surface area contributed by atoms with E-state index in [4.69, 9.17) is 16.6 Å². The normalized spacial score (nSPS) is 15.8. The van der Waals surface area contributed by atoms with Crippen LogP contribution in [0.1, 0.15) is 28.8 Å². The average molecular weight is 513 g/mol. The molecule has 8 nitrogen and oxygen atoms in total. The van der Waals surface area contributed by atoms with Gasteiger partial charge in [-0.25, -0.2) is 23.5 Å². The minimum Gasteiger partial charge on any atom is -0.478 e. The van der Waals surface area contributed by atoms with Gasteiger partial charge in [0.05, 0.1) is 16.8 Å². The Kier molecular flexibility index (Phi) is 6.80. The standard InChI is InChI=1S/C25H23ClF2N6O2/c26-18-9-16(24(35)36)4-5-17(18)22-32-21-12-31-25(30-11-14-3-6-19(27)20(28)8-14)33-23(21)34(22)13-15-2-1-7-29-10-15/h3-6,8-9,12,15,29H,1-2,7,10-11,13H2,(H,35,36)(H,30,31,33)/t15-/m1/s1. The number of carboxylic acid groups (broad SMARTS) is 1. The fourth-order valence-corrected chi connectivity index (χ4v) is 4.65. The largest absolute Gasteiger partial charge is 0.478 e. The Balaban J connectivity index is 1.52. The first kappa shape index (κ1) is 24.1. The number of hydrogen-bond acceptors (Lipinski definition) is 6. The zero-order valence-electron chi connectivity index (χ0n) is 19.1. The highest BCUT2D eigenvalue weighted by Crippen LogP contribution is 2.32. The third-order valence-electron chi connectivity index (χ3n) is 6.22. The molecule has 1 aliphatic heterocycles. The summed E-state index contributed by atoms with van der Waals surface area (Å²) in [5.74, 6) is -1.65. The van der Waals surface area contributed by atoms with Crippen LogP contribution in [0.2, 0.25) is 5.02 Å². The van der Waals surface area contributed by atoms with E-state index < -0.39 is 17.6 Å². The molecule has 0 radical (unpaired) electrons. The predicted molar refractivity (Wildman–Crippen MR) is 132 cm³/mol. The number of hydrogen-bond donors (Lipinski definition) is 3. The summed E-state index contributed by atoms with van der Waals surface area (Å²) in [5.41, 5.74) is 2.39. The van der Waals surface area contributed by atoms with E-state index in [0.29, 0.717) is 46.5 Å². The first-order valence-corrected chi connectivity index (χ1v) is 11.9. The van der Waals surface area contributed by atoms with Gasteiger partial charge in [0, 0.05) is 18.7 Å². The maximum Gasteiger partial charge on any atom is 0.335 e. The predicted octanol–water partition coefficient (Wildman–Crippen LogP) is 4.73. The first-order valence-electron chi connectivity index (χ1n) is 11.5. The highest BCUT2D eigenvalue weighted by molar-refractivity contribution is 6.33. The molecule has 4 aromatic rings. The molecular weight excluding hydrogens is 490 g/mol. The second kappa shape index (κ2) is 10.2. The Morgan fingerprint density at radius 3 is 2.78 bits per heavy atom. The lowest BCUT2D eigenvalue weighted by Gasteiger charge is -2.24. The van der Waals surface area contributed by atoms with E-state index in [2.05, 4.69) is 20.6 Å². The SMILES string of the molecule is O=C(O)c1ccc(-c2nc3cnc(NCc4ccc(F)c(F)c4)nc3n2C[C@@H]2CCCNC2)c(Cl)c1. The molecule has 0 amide bonds. The fourth-order valence-electron chi connectivity index (χ4n) is 4.38. The van der Waals surface area contributed by atoms with E-state index in [1.807, 2.05) is 4.57 Å². The van der Waals surface area contributed by atoms with Gasteiger partial charge in [-0.05, 0) is 67.7 Å². The number of fused-ring (bicyclic) bond motifs is 1. The molecule has 1 saturated heterocycles. The molecule has 1 aliphatic rings. The second-order valence-corrected chi connectivity index (χ2v) is 9.17. The number of carbonyl (C=O) groups is 1. The molecule has 1 fully saturated rings. The average Bonchev–Trinajstić information content (AvgIpc) is 3.22. The molecular formula is C25H23ClF2N6O2. The van der Waals surface area contributed by atoms with Gasteiger partial charge in [0.25, 0.3) is 0 Å². The summed E-state index contributed by atoms with van der Waals surface area (Å²) >= 11 is 6.49. The van der Waals surface area contributed by atoms with Gasteiger partial charge in [0.1, 0.15) is 11.3 Å². The highest BCUT2D eigenvalue weighted by Gasteiger charge is 2.22. The van der Waals surface area contributed by atoms with Crippen molar-refractivity contribution in [2.24, 2.45) is 5.92 Å². The van der Waals surface area contributed by atoms with Gasteiger partial charge in [-0.1, -0.05) is 17.7 Å². The summed E-state index contributed by atoms with van der Waals surface area (Å²) in [6, 6.07) is 8.25. The minimum atomic E-state index is -1.06. The van der Waals surface area contributed by atoms with Crippen LogP contribution in [0.4, 0.5) is 14.7 Å². The minimum absolute atomic E-state index is 0.0893. The lowest BCUT2D eigenvalue weighted by Crippen LogP contribution is -2.32. The highest BCUT2D eigenvalue weighted by atomic mass is 35.5. The maximum atomic E-state index is 13.6. The number of nitrogens with zero attached hydrogens (tertiary/aromatic N) is 4. The van der Waals surface area contributed by atoms with E-state index in [1.54, 1.807) is 12.3 Å². The Morgan fingerprint density at radius 1 is 1.19 bits per heavy atom. The number of anilines is 1. The monoisotopic (exact) mass is 512 g/mol. The van der Waals surface area contributed by atoms with Crippen LogP contribution in [-0.4, -0.2) is 43.7 Å². The molecule has 36 heavy (non-hydrogen) atoms. The Morgan fingerprint density at radius 2 is 2.06 bits per heavy atom. The van der Waals surface area contributed by atoms with Crippen molar-refractivity contribution in [1.29, 1.82) is 0 Å². The number of imidazole rings is 1. The molecule has 1 atom stereocenters. The number of nitrogens with one attached hydrogen (secondary N) is 2. The Bertz CT molecular complexity index is 1440.